The van der Waals surface area contributed by atoms with Gasteiger partial charge in [-0.15, -0.1) is 0 Å². The molecule has 92 valence electrons. The third-order valence-corrected chi connectivity index (χ3v) is 3.39. The number of hydrogen-bond acceptors (Lipinski definition) is 2. The van der Waals surface area contributed by atoms with Crippen molar-refractivity contribution in [2.45, 2.75) is 58.0 Å². The second-order valence-electron chi connectivity index (χ2n) is 5.08. The summed E-state index contributed by atoms with van der Waals surface area (Å²) in [4.78, 5) is 4.70. The first kappa shape index (κ1) is 14.9. The van der Waals surface area contributed by atoms with Gasteiger partial charge < -0.3 is 9.80 Å². The fourth-order valence-electron chi connectivity index (χ4n) is 2.06. The summed E-state index contributed by atoms with van der Waals surface area (Å²) < 4.78 is 0. The number of hydrogen-bond donors (Lipinski definition) is 0. The molecule has 0 amide bonds. The Labute approximate surface area is 96.6 Å². The van der Waals surface area contributed by atoms with Gasteiger partial charge in [0.1, 0.15) is 0 Å². The summed E-state index contributed by atoms with van der Waals surface area (Å²) in [7, 11) is 8.75. The fraction of sp³-hybridized carbons (Fsp3) is 1.00. The van der Waals surface area contributed by atoms with Crippen molar-refractivity contribution in [3.05, 3.63) is 0 Å². The molecule has 0 heterocycles. The molecule has 0 aromatic rings. The summed E-state index contributed by atoms with van der Waals surface area (Å²) in [5.41, 5.74) is 0. The van der Waals surface area contributed by atoms with Gasteiger partial charge in [0.25, 0.3) is 0 Å². The van der Waals surface area contributed by atoms with Crippen LogP contribution in [0, 0.1) is 0 Å². The van der Waals surface area contributed by atoms with Crippen LogP contribution in [0.1, 0.15) is 46.0 Å². The standard InChI is InChI=1S/C13H30N2/c1-7-8-9-10-11-13(15(5)6)12(2)14(3)4/h12-13H,7-11H2,1-6H3/t12-,13+/m1/s1. The Kier molecular flexibility index (Phi) is 8.07. The highest BCUT2D eigenvalue weighted by molar-refractivity contribution is 4.78. The van der Waals surface area contributed by atoms with Crippen LogP contribution < -0.4 is 0 Å². The molecule has 0 spiro atoms. The van der Waals surface area contributed by atoms with E-state index in [1.807, 2.05) is 0 Å². The lowest BCUT2D eigenvalue weighted by atomic mass is 10.00. The van der Waals surface area contributed by atoms with Crippen molar-refractivity contribution in [3.8, 4) is 0 Å². The van der Waals surface area contributed by atoms with E-state index in [1.165, 1.54) is 32.1 Å². The predicted molar refractivity (Wildman–Crippen MR) is 69.4 cm³/mol. The van der Waals surface area contributed by atoms with Crippen molar-refractivity contribution >= 4 is 0 Å². The van der Waals surface area contributed by atoms with E-state index >= 15 is 0 Å². The normalized spacial score (nSPS) is 16.0. The highest BCUT2D eigenvalue weighted by Crippen LogP contribution is 2.14. The van der Waals surface area contributed by atoms with E-state index in [0.717, 1.165) is 0 Å². The molecule has 0 fully saturated rings. The molecule has 0 aliphatic heterocycles. The van der Waals surface area contributed by atoms with Crippen LogP contribution in [0.2, 0.25) is 0 Å². The summed E-state index contributed by atoms with van der Waals surface area (Å²) in [5, 5.41) is 0. The molecule has 0 N–H and O–H groups in total. The lowest BCUT2D eigenvalue weighted by molar-refractivity contribution is 0.152. The molecule has 0 aliphatic carbocycles. The molecule has 0 bridgehead atoms. The summed E-state index contributed by atoms with van der Waals surface area (Å²) in [6.07, 6.45) is 6.80. The Hall–Kier alpha value is -0.0800. The minimum atomic E-state index is 0.640. The highest BCUT2D eigenvalue weighted by Gasteiger charge is 2.20. The van der Waals surface area contributed by atoms with Crippen LogP contribution in [0.25, 0.3) is 0 Å². The Morgan fingerprint density at radius 2 is 1.47 bits per heavy atom. The van der Waals surface area contributed by atoms with Crippen LogP contribution >= 0.6 is 0 Å². The quantitative estimate of drug-likeness (QED) is 0.573. The topological polar surface area (TPSA) is 6.48 Å². The van der Waals surface area contributed by atoms with E-state index < -0.39 is 0 Å². The van der Waals surface area contributed by atoms with Crippen molar-refractivity contribution in [2.24, 2.45) is 0 Å². The first-order chi connectivity index (χ1) is 7.00. The zero-order valence-corrected chi connectivity index (χ0v) is 11.6. The monoisotopic (exact) mass is 214 g/mol. The summed E-state index contributed by atoms with van der Waals surface area (Å²) >= 11 is 0. The van der Waals surface area contributed by atoms with Gasteiger partial charge in [-0.05, 0) is 41.5 Å². The average molecular weight is 214 g/mol. The van der Waals surface area contributed by atoms with E-state index in [4.69, 9.17) is 0 Å². The van der Waals surface area contributed by atoms with Crippen LogP contribution in [0.4, 0.5) is 0 Å². The smallest absolute Gasteiger partial charge is 0.0242 e. The molecule has 0 aliphatic rings. The van der Waals surface area contributed by atoms with Crippen LogP contribution in [-0.4, -0.2) is 50.1 Å². The summed E-state index contributed by atoms with van der Waals surface area (Å²) in [5.74, 6) is 0. The first-order valence-electron chi connectivity index (χ1n) is 6.33. The van der Waals surface area contributed by atoms with Gasteiger partial charge in [0.2, 0.25) is 0 Å². The molecular weight excluding hydrogens is 184 g/mol. The van der Waals surface area contributed by atoms with E-state index in [0.29, 0.717) is 12.1 Å². The highest BCUT2D eigenvalue weighted by atomic mass is 15.2. The maximum Gasteiger partial charge on any atom is 0.0242 e. The zero-order valence-electron chi connectivity index (χ0n) is 11.6. The van der Waals surface area contributed by atoms with Crippen LogP contribution in [0.15, 0.2) is 0 Å². The Bertz CT molecular complexity index is 143. The van der Waals surface area contributed by atoms with E-state index in [-0.39, 0.29) is 0 Å². The average Bonchev–Trinajstić information content (AvgIpc) is 2.16. The lowest BCUT2D eigenvalue weighted by Gasteiger charge is -2.34. The van der Waals surface area contributed by atoms with E-state index in [2.05, 4.69) is 51.8 Å². The van der Waals surface area contributed by atoms with Gasteiger partial charge in [-0.3, -0.25) is 0 Å². The number of unbranched alkanes of at least 4 members (excludes halogenated alkanes) is 3. The fourth-order valence-corrected chi connectivity index (χ4v) is 2.06. The van der Waals surface area contributed by atoms with Gasteiger partial charge in [-0.25, -0.2) is 0 Å². The predicted octanol–water partition coefficient (Wildman–Crippen LogP) is 2.84. The molecule has 0 rings (SSSR count). The van der Waals surface area contributed by atoms with Crippen molar-refractivity contribution in [2.75, 3.05) is 28.2 Å². The van der Waals surface area contributed by atoms with Gasteiger partial charge in [0, 0.05) is 12.1 Å². The van der Waals surface area contributed by atoms with E-state index in [9.17, 15) is 0 Å². The molecule has 0 unspecified atom stereocenters. The molecule has 0 radical (unpaired) electrons. The van der Waals surface area contributed by atoms with Crippen molar-refractivity contribution < 1.29 is 0 Å². The molecule has 0 aromatic heterocycles. The number of rotatable bonds is 8. The van der Waals surface area contributed by atoms with Crippen LogP contribution in [0.5, 0.6) is 0 Å². The maximum atomic E-state index is 2.37. The van der Waals surface area contributed by atoms with Gasteiger partial charge >= 0.3 is 0 Å². The summed E-state index contributed by atoms with van der Waals surface area (Å²) in [6, 6.07) is 1.33. The molecule has 2 nitrogen and oxygen atoms in total. The van der Waals surface area contributed by atoms with Crippen molar-refractivity contribution in [1.29, 1.82) is 0 Å². The molecule has 0 saturated carbocycles. The van der Waals surface area contributed by atoms with Crippen molar-refractivity contribution in [1.82, 2.24) is 9.80 Å². The lowest BCUT2D eigenvalue weighted by Crippen LogP contribution is -2.44. The SMILES string of the molecule is CCCCCC[C@@H]([C@@H](C)N(C)C)N(C)C. The second-order valence-corrected chi connectivity index (χ2v) is 5.08. The maximum absolute atomic E-state index is 2.37. The number of likely N-dealkylation sites (N-methyl/N-ethyl adjacent to an activating group) is 2. The Morgan fingerprint density at radius 3 is 1.87 bits per heavy atom. The van der Waals surface area contributed by atoms with Gasteiger partial charge in [-0.1, -0.05) is 32.6 Å². The largest absolute Gasteiger partial charge is 0.305 e. The zero-order chi connectivity index (χ0) is 11.8. The molecule has 0 saturated heterocycles. The minimum absolute atomic E-state index is 0.640. The summed E-state index contributed by atoms with van der Waals surface area (Å²) in [6.45, 7) is 4.59. The Balaban J connectivity index is 3.94. The molecule has 0 aromatic carbocycles. The van der Waals surface area contributed by atoms with E-state index in [1.54, 1.807) is 0 Å². The number of nitrogens with zero attached hydrogens (tertiary/aromatic N) is 2. The third kappa shape index (κ3) is 6.16. The first-order valence-corrected chi connectivity index (χ1v) is 6.33. The molecule has 2 atom stereocenters. The van der Waals surface area contributed by atoms with Crippen molar-refractivity contribution in [3.63, 3.8) is 0 Å². The second kappa shape index (κ2) is 8.12. The van der Waals surface area contributed by atoms with Crippen LogP contribution in [-0.2, 0) is 0 Å². The molecular formula is C13H30N2. The van der Waals surface area contributed by atoms with Gasteiger partial charge in [-0.2, -0.15) is 0 Å². The van der Waals surface area contributed by atoms with Gasteiger partial charge in [0.05, 0.1) is 0 Å². The Morgan fingerprint density at radius 1 is 0.867 bits per heavy atom. The third-order valence-electron chi connectivity index (χ3n) is 3.39. The molecule has 15 heavy (non-hydrogen) atoms. The minimum Gasteiger partial charge on any atom is -0.305 e. The molecule has 2 heteroatoms. The van der Waals surface area contributed by atoms with Gasteiger partial charge in [0.15, 0.2) is 0 Å². The van der Waals surface area contributed by atoms with Crippen LogP contribution in [0.3, 0.4) is 0 Å².